The molecule has 1 aromatic carbocycles. The van der Waals surface area contributed by atoms with Crippen LogP contribution in [0.5, 0.6) is 0 Å². The van der Waals surface area contributed by atoms with Crippen LogP contribution in [0.4, 0.5) is 8.78 Å². The van der Waals surface area contributed by atoms with E-state index in [9.17, 15) is 8.78 Å². The van der Waals surface area contributed by atoms with E-state index in [4.69, 9.17) is 0 Å². The van der Waals surface area contributed by atoms with Gasteiger partial charge in [0.05, 0.1) is 0 Å². The van der Waals surface area contributed by atoms with Crippen LogP contribution in [0.15, 0.2) is 18.2 Å². The average Bonchev–Trinajstić information content (AvgIpc) is 2.46. The summed E-state index contributed by atoms with van der Waals surface area (Å²) >= 11 is 3.55. The smallest absolute Gasteiger partial charge is 0.129 e. The Hall–Kier alpha value is -0.440. The first kappa shape index (κ1) is 11.1. The summed E-state index contributed by atoms with van der Waals surface area (Å²) in [4.78, 5) is 0.451. The minimum atomic E-state index is -0.506. The van der Waals surface area contributed by atoms with Gasteiger partial charge >= 0.3 is 0 Å². The monoisotopic (exact) mass is 274 g/mol. The van der Waals surface area contributed by atoms with Gasteiger partial charge in [0.15, 0.2) is 0 Å². The van der Waals surface area contributed by atoms with Crippen LogP contribution < -0.4 is 0 Å². The number of benzene rings is 1. The standard InChI is InChI=1S/C12H13BrF2/c1-12(5-4-8(13)7-12)10-3-2-9(14)6-11(10)15/h2-3,6,8H,4-5,7H2,1H3. The van der Waals surface area contributed by atoms with E-state index in [0.29, 0.717) is 10.4 Å². The molecule has 1 aromatic rings. The second-order valence-electron chi connectivity index (χ2n) is 4.52. The van der Waals surface area contributed by atoms with Crippen LogP contribution in [-0.4, -0.2) is 4.83 Å². The molecule has 0 bridgehead atoms. The Kier molecular flexibility index (Phi) is 2.84. The van der Waals surface area contributed by atoms with Crippen LogP contribution >= 0.6 is 15.9 Å². The SMILES string of the molecule is CC1(c2ccc(F)cc2F)CCC(Br)C1. The van der Waals surface area contributed by atoms with Gasteiger partial charge in [-0.05, 0) is 36.3 Å². The Morgan fingerprint density at radius 3 is 2.67 bits per heavy atom. The van der Waals surface area contributed by atoms with Crippen LogP contribution in [0.3, 0.4) is 0 Å². The Labute approximate surface area is 96.8 Å². The molecule has 2 unspecified atom stereocenters. The maximum Gasteiger partial charge on any atom is 0.129 e. The van der Waals surface area contributed by atoms with E-state index in [0.717, 1.165) is 25.3 Å². The van der Waals surface area contributed by atoms with Gasteiger partial charge in [0, 0.05) is 10.9 Å². The van der Waals surface area contributed by atoms with Crippen molar-refractivity contribution in [2.45, 2.75) is 36.4 Å². The number of hydrogen-bond donors (Lipinski definition) is 0. The quantitative estimate of drug-likeness (QED) is 0.675. The molecule has 0 amide bonds. The van der Waals surface area contributed by atoms with Crippen molar-refractivity contribution >= 4 is 15.9 Å². The molecular formula is C12H13BrF2. The van der Waals surface area contributed by atoms with E-state index in [-0.39, 0.29) is 5.41 Å². The highest BCUT2D eigenvalue weighted by atomic mass is 79.9. The van der Waals surface area contributed by atoms with E-state index in [1.165, 1.54) is 6.07 Å². The molecule has 2 rings (SSSR count). The van der Waals surface area contributed by atoms with Crippen LogP contribution in [0, 0.1) is 11.6 Å². The lowest BCUT2D eigenvalue weighted by Gasteiger charge is -2.24. The maximum absolute atomic E-state index is 13.6. The topological polar surface area (TPSA) is 0 Å². The first-order valence-corrected chi connectivity index (χ1v) is 6.02. The van der Waals surface area contributed by atoms with Gasteiger partial charge in [-0.2, -0.15) is 0 Å². The number of rotatable bonds is 1. The van der Waals surface area contributed by atoms with Gasteiger partial charge in [0.25, 0.3) is 0 Å². The van der Waals surface area contributed by atoms with Crippen molar-refractivity contribution in [2.75, 3.05) is 0 Å². The number of hydrogen-bond acceptors (Lipinski definition) is 0. The summed E-state index contributed by atoms with van der Waals surface area (Å²) < 4.78 is 26.4. The van der Waals surface area contributed by atoms with Gasteiger partial charge < -0.3 is 0 Å². The molecule has 0 spiro atoms. The number of halogens is 3. The average molecular weight is 275 g/mol. The highest BCUT2D eigenvalue weighted by Gasteiger charge is 2.37. The molecule has 0 saturated heterocycles. The highest BCUT2D eigenvalue weighted by Crippen LogP contribution is 2.44. The molecule has 1 aliphatic rings. The Balaban J connectivity index is 2.37. The molecule has 2 atom stereocenters. The Bertz CT molecular complexity index is 378. The van der Waals surface area contributed by atoms with E-state index in [1.807, 2.05) is 6.92 Å². The second kappa shape index (κ2) is 3.85. The summed E-state index contributed by atoms with van der Waals surface area (Å²) in [5, 5.41) is 0. The van der Waals surface area contributed by atoms with Crippen molar-refractivity contribution in [1.29, 1.82) is 0 Å². The highest BCUT2D eigenvalue weighted by molar-refractivity contribution is 9.09. The Morgan fingerprint density at radius 1 is 1.40 bits per heavy atom. The Morgan fingerprint density at radius 2 is 2.13 bits per heavy atom. The summed E-state index contributed by atoms with van der Waals surface area (Å²) in [6.45, 7) is 2.05. The van der Waals surface area contributed by atoms with Gasteiger partial charge in [-0.25, -0.2) is 8.78 Å². The van der Waals surface area contributed by atoms with Crippen molar-refractivity contribution < 1.29 is 8.78 Å². The van der Waals surface area contributed by atoms with Gasteiger partial charge in [-0.1, -0.05) is 28.9 Å². The normalized spacial score (nSPS) is 30.8. The molecule has 1 aliphatic carbocycles. The van der Waals surface area contributed by atoms with E-state index < -0.39 is 11.6 Å². The molecule has 3 heteroatoms. The van der Waals surface area contributed by atoms with Crippen LogP contribution in [0.2, 0.25) is 0 Å². The summed E-state index contributed by atoms with van der Waals surface area (Å²) in [5.74, 6) is -0.924. The summed E-state index contributed by atoms with van der Waals surface area (Å²) in [6.07, 6.45) is 2.91. The van der Waals surface area contributed by atoms with Crippen LogP contribution in [0.25, 0.3) is 0 Å². The molecule has 15 heavy (non-hydrogen) atoms. The predicted octanol–water partition coefficient (Wildman–Crippen LogP) is 4.17. The third kappa shape index (κ3) is 2.07. The molecule has 1 saturated carbocycles. The largest absolute Gasteiger partial charge is 0.207 e. The maximum atomic E-state index is 13.6. The van der Waals surface area contributed by atoms with Crippen molar-refractivity contribution in [3.63, 3.8) is 0 Å². The minimum absolute atomic E-state index is 0.147. The van der Waals surface area contributed by atoms with Crippen molar-refractivity contribution in [3.05, 3.63) is 35.4 Å². The fourth-order valence-corrected chi connectivity index (χ4v) is 3.34. The third-order valence-corrected chi connectivity index (χ3v) is 4.04. The van der Waals surface area contributed by atoms with Crippen LogP contribution in [0.1, 0.15) is 31.7 Å². The molecule has 1 fully saturated rings. The van der Waals surface area contributed by atoms with Crippen molar-refractivity contribution in [2.24, 2.45) is 0 Å². The van der Waals surface area contributed by atoms with E-state index in [2.05, 4.69) is 15.9 Å². The second-order valence-corrected chi connectivity index (χ2v) is 5.82. The van der Waals surface area contributed by atoms with Gasteiger partial charge in [0.2, 0.25) is 0 Å². The predicted molar refractivity (Wildman–Crippen MR) is 60.3 cm³/mol. The van der Waals surface area contributed by atoms with Crippen molar-refractivity contribution in [3.8, 4) is 0 Å². The first-order valence-electron chi connectivity index (χ1n) is 5.11. The van der Waals surface area contributed by atoms with Gasteiger partial charge in [0.1, 0.15) is 11.6 Å². The molecule has 0 radical (unpaired) electrons. The summed E-state index contributed by atoms with van der Waals surface area (Å²) in [7, 11) is 0. The summed E-state index contributed by atoms with van der Waals surface area (Å²) in [5.41, 5.74) is 0.497. The van der Waals surface area contributed by atoms with E-state index >= 15 is 0 Å². The molecule has 82 valence electrons. The fourth-order valence-electron chi connectivity index (χ4n) is 2.39. The first-order chi connectivity index (χ1) is 7.01. The van der Waals surface area contributed by atoms with Gasteiger partial charge in [-0.3, -0.25) is 0 Å². The summed E-state index contributed by atoms with van der Waals surface area (Å²) in [6, 6.07) is 3.89. The lowest BCUT2D eigenvalue weighted by molar-refractivity contribution is 0.454. The molecule has 0 aliphatic heterocycles. The molecular weight excluding hydrogens is 262 g/mol. The zero-order valence-electron chi connectivity index (χ0n) is 8.56. The van der Waals surface area contributed by atoms with Gasteiger partial charge in [-0.15, -0.1) is 0 Å². The van der Waals surface area contributed by atoms with Crippen molar-refractivity contribution in [1.82, 2.24) is 0 Å². The number of alkyl halides is 1. The fraction of sp³-hybridized carbons (Fsp3) is 0.500. The lowest BCUT2D eigenvalue weighted by atomic mass is 9.81. The molecule has 0 N–H and O–H groups in total. The van der Waals surface area contributed by atoms with Crippen LogP contribution in [-0.2, 0) is 5.41 Å². The third-order valence-electron chi connectivity index (χ3n) is 3.26. The minimum Gasteiger partial charge on any atom is -0.207 e. The lowest BCUT2D eigenvalue weighted by Crippen LogP contribution is -2.19. The molecule has 0 nitrogen and oxygen atoms in total. The molecule has 0 heterocycles. The van der Waals surface area contributed by atoms with E-state index in [1.54, 1.807) is 6.07 Å². The zero-order valence-corrected chi connectivity index (χ0v) is 10.2. The molecule has 0 aromatic heterocycles. The zero-order chi connectivity index (χ0) is 11.1.